The minimum Gasteiger partial charge on any atom is -0.309 e. The summed E-state index contributed by atoms with van der Waals surface area (Å²) in [5.41, 5.74) is 2.59. The predicted octanol–water partition coefficient (Wildman–Crippen LogP) is 5.30. The third-order valence-electron chi connectivity index (χ3n) is 4.50. The molecule has 4 aromatic carbocycles. The number of hydrogen-bond donors (Lipinski definition) is 1. The molecule has 0 spiro atoms. The van der Waals surface area contributed by atoms with Gasteiger partial charge < -0.3 is 5.32 Å². The summed E-state index contributed by atoms with van der Waals surface area (Å²) in [5, 5.41) is 8.59. The van der Waals surface area contributed by atoms with Crippen molar-refractivity contribution in [1.29, 1.82) is 0 Å². The van der Waals surface area contributed by atoms with E-state index in [1.54, 1.807) is 0 Å². The van der Waals surface area contributed by atoms with E-state index in [-0.39, 0.29) is 6.04 Å². The zero-order valence-electron chi connectivity index (χ0n) is 13.2. The lowest BCUT2D eigenvalue weighted by molar-refractivity contribution is 0.693. The minimum absolute atomic E-state index is 0.198. The number of fused-ring (bicyclic) bond motifs is 2. The van der Waals surface area contributed by atoms with Crippen molar-refractivity contribution in [2.24, 2.45) is 0 Å². The Labute approximate surface area is 136 Å². The maximum atomic E-state index is 3.46. The molecule has 0 saturated heterocycles. The Kier molecular flexibility index (Phi) is 3.57. The first-order valence-electron chi connectivity index (χ1n) is 8.00. The SMILES string of the molecule is CNC(c1ccc2ccccc2c1)c1ccc2ccccc2c1. The molecule has 0 amide bonds. The second kappa shape index (κ2) is 5.86. The van der Waals surface area contributed by atoms with Crippen LogP contribution in [-0.2, 0) is 0 Å². The van der Waals surface area contributed by atoms with Crippen molar-refractivity contribution in [1.82, 2.24) is 5.32 Å². The second-order valence-electron chi connectivity index (χ2n) is 5.93. The van der Waals surface area contributed by atoms with Crippen LogP contribution in [0.2, 0.25) is 0 Å². The third kappa shape index (κ3) is 2.60. The highest BCUT2D eigenvalue weighted by Gasteiger charge is 2.12. The first-order valence-corrected chi connectivity index (χ1v) is 8.00. The highest BCUT2D eigenvalue weighted by molar-refractivity contribution is 5.84. The van der Waals surface area contributed by atoms with E-state index in [9.17, 15) is 0 Å². The lowest BCUT2D eigenvalue weighted by Gasteiger charge is -2.18. The highest BCUT2D eigenvalue weighted by Crippen LogP contribution is 2.27. The van der Waals surface area contributed by atoms with Crippen LogP contribution < -0.4 is 5.32 Å². The topological polar surface area (TPSA) is 12.0 Å². The van der Waals surface area contributed by atoms with Crippen LogP contribution >= 0.6 is 0 Å². The van der Waals surface area contributed by atoms with Gasteiger partial charge in [0.1, 0.15) is 0 Å². The van der Waals surface area contributed by atoms with Gasteiger partial charge in [-0.3, -0.25) is 0 Å². The monoisotopic (exact) mass is 297 g/mol. The molecule has 0 atom stereocenters. The molecule has 23 heavy (non-hydrogen) atoms. The van der Waals surface area contributed by atoms with E-state index < -0.39 is 0 Å². The highest BCUT2D eigenvalue weighted by atomic mass is 14.9. The van der Waals surface area contributed by atoms with E-state index >= 15 is 0 Å². The minimum atomic E-state index is 0.198. The molecule has 0 aliphatic carbocycles. The number of benzene rings is 4. The molecular weight excluding hydrogens is 278 g/mol. The van der Waals surface area contributed by atoms with E-state index in [4.69, 9.17) is 0 Å². The summed E-state index contributed by atoms with van der Waals surface area (Å²) in [5.74, 6) is 0. The lowest BCUT2D eigenvalue weighted by atomic mass is 9.94. The molecule has 1 heteroatoms. The van der Waals surface area contributed by atoms with Gasteiger partial charge in [0, 0.05) is 0 Å². The van der Waals surface area contributed by atoms with Crippen molar-refractivity contribution >= 4 is 21.5 Å². The Bertz CT molecular complexity index is 892. The van der Waals surface area contributed by atoms with Crippen LogP contribution in [0.15, 0.2) is 84.9 Å². The smallest absolute Gasteiger partial charge is 0.0574 e. The van der Waals surface area contributed by atoms with Crippen molar-refractivity contribution in [3.05, 3.63) is 96.1 Å². The molecule has 112 valence electrons. The van der Waals surface area contributed by atoms with Gasteiger partial charge in [-0.25, -0.2) is 0 Å². The third-order valence-corrected chi connectivity index (χ3v) is 4.50. The molecule has 0 fully saturated rings. The van der Waals surface area contributed by atoms with E-state index in [1.165, 1.54) is 32.7 Å². The van der Waals surface area contributed by atoms with Gasteiger partial charge in [0.2, 0.25) is 0 Å². The average molecular weight is 297 g/mol. The summed E-state index contributed by atoms with van der Waals surface area (Å²) in [4.78, 5) is 0. The van der Waals surface area contributed by atoms with Crippen LogP contribution in [0.25, 0.3) is 21.5 Å². The first kappa shape index (κ1) is 14.0. The van der Waals surface area contributed by atoms with Crippen LogP contribution in [0.5, 0.6) is 0 Å². The molecule has 0 heterocycles. The summed E-state index contributed by atoms with van der Waals surface area (Å²) in [6, 6.07) is 30.6. The summed E-state index contributed by atoms with van der Waals surface area (Å²) < 4.78 is 0. The molecule has 4 rings (SSSR count). The number of rotatable bonds is 3. The molecule has 0 unspecified atom stereocenters. The van der Waals surface area contributed by atoms with E-state index in [0.717, 1.165) is 0 Å². The van der Waals surface area contributed by atoms with Gasteiger partial charge in [0.15, 0.2) is 0 Å². The molecule has 0 aliphatic heterocycles. The maximum absolute atomic E-state index is 3.46. The fourth-order valence-electron chi connectivity index (χ4n) is 3.30. The van der Waals surface area contributed by atoms with Crippen LogP contribution in [0, 0.1) is 0 Å². The van der Waals surface area contributed by atoms with Crippen molar-refractivity contribution in [2.75, 3.05) is 7.05 Å². The van der Waals surface area contributed by atoms with Gasteiger partial charge in [-0.15, -0.1) is 0 Å². The number of nitrogens with one attached hydrogen (secondary N) is 1. The van der Waals surface area contributed by atoms with Crippen LogP contribution in [0.3, 0.4) is 0 Å². The molecule has 4 aromatic rings. The van der Waals surface area contributed by atoms with Gasteiger partial charge in [0.25, 0.3) is 0 Å². The van der Waals surface area contributed by atoms with E-state index in [1.807, 2.05) is 7.05 Å². The zero-order valence-corrected chi connectivity index (χ0v) is 13.2. The predicted molar refractivity (Wildman–Crippen MR) is 98.8 cm³/mol. The van der Waals surface area contributed by atoms with Gasteiger partial charge in [-0.1, -0.05) is 72.8 Å². The summed E-state index contributed by atoms with van der Waals surface area (Å²) in [7, 11) is 2.02. The summed E-state index contributed by atoms with van der Waals surface area (Å²) in [6.45, 7) is 0. The fourth-order valence-corrected chi connectivity index (χ4v) is 3.30. The number of hydrogen-bond acceptors (Lipinski definition) is 1. The van der Waals surface area contributed by atoms with Crippen LogP contribution in [0.4, 0.5) is 0 Å². The first-order chi connectivity index (χ1) is 11.3. The molecule has 1 N–H and O–H groups in total. The molecule has 0 bridgehead atoms. The Morgan fingerprint density at radius 2 is 1.00 bits per heavy atom. The van der Waals surface area contributed by atoms with Crippen LogP contribution in [0.1, 0.15) is 17.2 Å². The Hall–Kier alpha value is -2.64. The van der Waals surface area contributed by atoms with E-state index in [0.29, 0.717) is 0 Å². The van der Waals surface area contributed by atoms with E-state index in [2.05, 4.69) is 90.2 Å². The van der Waals surface area contributed by atoms with Crippen molar-refractivity contribution < 1.29 is 0 Å². The van der Waals surface area contributed by atoms with Gasteiger partial charge in [-0.05, 0) is 51.9 Å². The second-order valence-corrected chi connectivity index (χ2v) is 5.93. The molecule has 0 aromatic heterocycles. The average Bonchev–Trinajstić information content (AvgIpc) is 2.62. The zero-order chi connectivity index (χ0) is 15.6. The molecular formula is C22H19N. The molecule has 0 saturated carbocycles. The molecule has 0 aliphatic rings. The van der Waals surface area contributed by atoms with Crippen molar-refractivity contribution in [3.8, 4) is 0 Å². The van der Waals surface area contributed by atoms with Gasteiger partial charge >= 0.3 is 0 Å². The Morgan fingerprint density at radius 3 is 1.43 bits per heavy atom. The maximum Gasteiger partial charge on any atom is 0.0574 e. The van der Waals surface area contributed by atoms with Gasteiger partial charge in [0.05, 0.1) is 6.04 Å². The van der Waals surface area contributed by atoms with Crippen LogP contribution in [-0.4, -0.2) is 7.05 Å². The molecule has 0 radical (unpaired) electrons. The van der Waals surface area contributed by atoms with Crippen molar-refractivity contribution in [2.45, 2.75) is 6.04 Å². The normalized spacial score (nSPS) is 11.4. The quantitative estimate of drug-likeness (QED) is 0.541. The molecule has 1 nitrogen and oxygen atoms in total. The largest absolute Gasteiger partial charge is 0.309 e. The van der Waals surface area contributed by atoms with Crippen molar-refractivity contribution in [3.63, 3.8) is 0 Å². The Morgan fingerprint density at radius 1 is 0.565 bits per heavy atom. The Balaban J connectivity index is 1.81. The lowest BCUT2D eigenvalue weighted by Crippen LogP contribution is -2.17. The fraction of sp³-hybridized carbons (Fsp3) is 0.0909. The standard InChI is InChI=1S/C22H19N/c1-23-22(20-12-10-16-6-2-4-8-18(16)14-20)21-13-11-17-7-3-5-9-19(17)15-21/h2-15,22-23H,1H3. The van der Waals surface area contributed by atoms with Gasteiger partial charge in [-0.2, -0.15) is 0 Å². The summed E-state index contributed by atoms with van der Waals surface area (Å²) >= 11 is 0. The summed E-state index contributed by atoms with van der Waals surface area (Å²) in [6.07, 6.45) is 0.